The molecule has 0 unspecified atom stereocenters. The molecule has 1 amide bonds. The van der Waals surface area contributed by atoms with E-state index < -0.39 is 27.8 Å². The topological polar surface area (TPSA) is 80.8 Å². The maximum absolute atomic E-state index is 12.8. The van der Waals surface area contributed by atoms with Crippen LogP contribution in [0.1, 0.15) is 24.1 Å². The smallest absolute Gasteiger partial charge is 0.306 e. The number of ether oxygens (including phenoxy) is 1. The predicted molar refractivity (Wildman–Crippen MR) is 109 cm³/mol. The van der Waals surface area contributed by atoms with Crippen LogP contribution in [0.15, 0.2) is 47.8 Å². The summed E-state index contributed by atoms with van der Waals surface area (Å²) >= 11 is 1.65. The van der Waals surface area contributed by atoms with Gasteiger partial charge in [-0.15, -0.1) is 11.3 Å². The number of hydrogen-bond acceptors (Lipinski definition) is 6. The molecule has 1 aromatic carbocycles. The molecule has 1 saturated heterocycles. The third kappa shape index (κ3) is 5.65. The number of carbonyl (C=O) groups excluding carboxylic acids is 2. The number of amides is 1. The van der Waals surface area contributed by atoms with E-state index in [-0.39, 0.29) is 24.5 Å². The summed E-state index contributed by atoms with van der Waals surface area (Å²) < 4.78 is 28.9. The number of nitrogens with zero attached hydrogens (tertiary/aromatic N) is 1. The van der Waals surface area contributed by atoms with Crippen molar-refractivity contribution in [3.63, 3.8) is 0 Å². The Labute approximate surface area is 169 Å². The number of anilines is 1. The van der Waals surface area contributed by atoms with Crippen LogP contribution in [0.25, 0.3) is 0 Å². The van der Waals surface area contributed by atoms with Crippen molar-refractivity contribution in [2.45, 2.75) is 31.7 Å². The fourth-order valence-electron chi connectivity index (χ4n) is 3.27. The number of carbonyl (C=O) groups is 2. The highest BCUT2D eigenvalue weighted by Gasteiger charge is 2.35. The molecular formula is C20H23NO5S2. The summed E-state index contributed by atoms with van der Waals surface area (Å²) in [5, 5.41) is 1.99. The molecule has 2 aromatic rings. The molecule has 3 rings (SSSR count). The summed E-state index contributed by atoms with van der Waals surface area (Å²) in [5.41, 5.74) is 0.614. The lowest BCUT2D eigenvalue weighted by atomic mass is 10.2. The maximum Gasteiger partial charge on any atom is 0.306 e. The van der Waals surface area contributed by atoms with Crippen LogP contribution in [0.2, 0.25) is 0 Å². The molecule has 0 saturated carbocycles. The van der Waals surface area contributed by atoms with Gasteiger partial charge in [0.15, 0.2) is 16.4 Å². The lowest BCUT2D eigenvalue weighted by molar-refractivity contribution is -0.148. The van der Waals surface area contributed by atoms with Gasteiger partial charge >= 0.3 is 5.97 Å². The lowest BCUT2D eigenvalue weighted by Gasteiger charge is -2.28. The highest BCUT2D eigenvalue weighted by molar-refractivity contribution is 7.91. The largest absolute Gasteiger partial charge is 0.456 e. The Balaban J connectivity index is 1.56. The molecule has 1 aliphatic heterocycles. The average molecular weight is 422 g/mol. The maximum atomic E-state index is 12.8. The Hall–Kier alpha value is -2.19. The van der Waals surface area contributed by atoms with Crippen molar-refractivity contribution in [1.29, 1.82) is 0 Å². The van der Waals surface area contributed by atoms with Crippen LogP contribution in [0.3, 0.4) is 0 Å². The number of rotatable bonds is 8. The molecule has 0 spiro atoms. The molecule has 0 N–H and O–H groups in total. The van der Waals surface area contributed by atoms with Gasteiger partial charge in [0.05, 0.1) is 17.5 Å². The molecule has 0 aliphatic carbocycles. The van der Waals surface area contributed by atoms with Gasteiger partial charge in [-0.25, -0.2) is 8.42 Å². The fraction of sp³-hybridized carbons (Fsp3) is 0.400. The fourth-order valence-corrected chi connectivity index (χ4v) is 5.72. The molecule has 1 aliphatic rings. The van der Waals surface area contributed by atoms with Gasteiger partial charge in [-0.1, -0.05) is 24.3 Å². The van der Waals surface area contributed by atoms with Gasteiger partial charge in [-0.3, -0.25) is 9.59 Å². The molecule has 1 atom stereocenters. The first kappa shape index (κ1) is 20.5. The van der Waals surface area contributed by atoms with Gasteiger partial charge in [-0.2, -0.15) is 0 Å². The zero-order valence-electron chi connectivity index (χ0n) is 15.5. The molecule has 6 nitrogen and oxygen atoms in total. The van der Waals surface area contributed by atoms with Crippen LogP contribution >= 0.6 is 11.3 Å². The van der Waals surface area contributed by atoms with Crippen molar-refractivity contribution in [3.8, 4) is 0 Å². The van der Waals surface area contributed by atoms with E-state index >= 15 is 0 Å². The molecule has 0 radical (unpaired) electrons. The van der Waals surface area contributed by atoms with E-state index in [0.29, 0.717) is 18.5 Å². The van der Waals surface area contributed by atoms with Crippen molar-refractivity contribution in [2.75, 3.05) is 23.0 Å². The van der Waals surface area contributed by atoms with Gasteiger partial charge < -0.3 is 9.64 Å². The number of hydrogen-bond donors (Lipinski definition) is 0. The summed E-state index contributed by atoms with van der Waals surface area (Å²) in [6.45, 7) is -0.386. The molecule has 0 bridgehead atoms. The Morgan fingerprint density at radius 1 is 1.14 bits per heavy atom. The Morgan fingerprint density at radius 3 is 2.57 bits per heavy atom. The zero-order chi connectivity index (χ0) is 20.0. The second kappa shape index (κ2) is 9.34. The first-order chi connectivity index (χ1) is 13.4. The number of aryl methyl sites for hydroxylation is 1. The zero-order valence-corrected chi connectivity index (χ0v) is 17.1. The molecule has 8 heteroatoms. The quantitative estimate of drug-likeness (QED) is 0.612. The standard InChI is InChI=1S/C20H23NO5S2/c22-19(14-26-20(23)10-4-8-18-9-5-12-27-18)21(16-6-2-1-3-7-16)17-11-13-28(24,25)15-17/h1-3,5-7,9,12,17H,4,8,10-11,13-15H2/t17-/m0/s1. The highest BCUT2D eigenvalue weighted by atomic mass is 32.2. The number of benzene rings is 1. The predicted octanol–water partition coefficient (Wildman–Crippen LogP) is 2.83. The summed E-state index contributed by atoms with van der Waals surface area (Å²) in [4.78, 5) is 27.4. The SMILES string of the molecule is O=C(CCCc1cccs1)OCC(=O)N(c1ccccc1)[C@H]1CCS(=O)(=O)C1. The second-order valence-corrected chi connectivity index (χ2v) is 10.0. The highest BCUT2D eigenvalue weighted by Crippen LogP contribution is 2.24. The van der Waals surface area contributed by atoms with Gasteiger partial charge in [0, 0.05) is 17.0 Å². The van der Waals surface area contributed by atoms with E-state index in [9.17, 15) is 18.0 Å². The van der Waals surface area contributed by atoms with Crippen molar-refractivity contribution >= 4 is 38.7 Å². The molecule has 1 fully saturated rings. The minimum absolute atomic E-state index is 0.0663. The van der Waals surface area contributed by atoms with E-state index in [1.807, 2.05) is 23.6 Å². The van der Waals surface area contributed by atoms with E-state index in [4.69, 9.17) is 4.74 Å². The van der Waals surface area contributed by atoms with Crippen LogP contribution < -0.4 is 4.90 Å². The number of thiophene rings is 1. The molecule has 2 heterocycles. The summed E-state index contributed by atoms with van der Waals surface area (Å²) in [6.07, 6.45) is 2.10. The van der Waals surface area contributed by atoms with E-state index in [1.54, 1.807) is 35.6 Å². The van der Waals surface area contributed by atoms with E-state index in [2.05, 4.69) is 0 Å². The number of para-hydroxylation sites is 1. The third-order valence-electron chi connectivity index (χ3n) is 4.62. The van der Waals surface area contributed by atoms with Gasteiger partial charge in [0.1, 0.15) is 0 Å². The van der Waals surface area contributed by atoms with Crippen molar-refractivity contribution in [1.82, 2.24) is 0 Å². The van der Waals surface area contributed by atoms with Gasteiger partial charge in [0.25, 0.3) is 5.91 Å². The summed E-state index contributed by atoms with van der Waals surface area (Å²) in [7, 11) is -3.15. The Bertz CT molecular complexity index is 894. The van der Waals surface area contributed by atoms with E-state index in [0.717, 1.165) is 6.42 Å². The van der Waals surface area contributed by atoms with Crippen LogP contribution in [0.4, 0.5) is 5.69 Å². The molecule has 1 aromatic heterocycles. The van der Waals surface area contributed by atoms with Crippen LogP contribution in [0.5, 0.6) is 0 Å². The molecular weight excluding hydrogens is 398 g/mol. The Kier molecular flexibility index (Phi) is 6.85. The number of sulfone groups is 1. The molecule has 150 valence electrons. The lowest BCUT2D eigenvalue weighted by Crippen LogP contribution is -2.43. The van der Waals surface area contributed by atoms with Crippen LogP contribution in [-0.2, 0) is 30.6 Å². The van der Waals surface area contributed by atoms with Crippen molar-refractivity contribution in [2.24, 2.45) is 0 Å². The van der Waals surface area contributed by atoms with Crippen molar-refractivity contribution in [3.05, 3.63) is 52.7 Å². The van der Waals surface area contributed by atoms with Gasteiger partial charge in [-0.05, 0) is 42.8 Å². The Morgan fingerprint density at radius 2 is 1.93 bits per heavy atom. The van der Waals surface area contributed by atoms with Gasteiger partial charge in [0.2, 0.25) is 0 Å². The summed E-state index contributed by atoms with van der Waals surface area (Å²) in [5.74, 6) is -0.823. The van der Waals surface area contributed by atoms with Crippen LogP contribution in [-0.4, -0.2) is 44.4 Å². The monoisotopic (exact) mass is 421 g/mol. The first-order valence-electron chi connectivity index (χ1n) is 9.20. The minimum Gasteiger partial charge on any atom is -0.456 e. The number of esters is 1. The minimum atomic E-state index is -3.15. The first-order valence-corrected chi connectivity index (χ1v) is 11.9. The average Bonchev–Trinajstić information content (AvgIpc) is 3.31. The molecule has 28 heavy (non-hydrogen) atoms. The normalized spacial score (nSPS) is 17.9. The third-order valence-corrected chi connectivity index (χ3v) is 7.30. The van der Waals surface area contributed by atoms with Crippen molar-refractivity contribution < 1.29 is 22.7 Å². The second-order valence-electron chi connectivity index (χ2n) is 6.75. The van der Waals surface area contributed by atoms with Crippen LogP contribution in [0, 0.1) is 0 Å². The van der Waals surface area contributed by atoms with E-state index in [1.165, 1.54) is 9.78 Å². The summed E-state index contributed by atoms with van der Waals surface area (Å²) in [6, 6.07) is 12.5.